The minimum Gasteiger partial charge on any atom is -0.477 e. The molecule has 0 aliphatic heterocycles. The van der Waals surface area contributed by atoms with Crippen LogP contribution in [0.3, 0.4) is 0 Å². The Hall–Kier alpha value is -0.610. The summed E-state index contributed by atoms with van der Waals surface area (Å²) in [6.45, 7) is 6.66. The number of pyridine rings is 1. The summed E-state index contributed by atoms with van der Waals surface area (Å²) in [6, 6.07) is 1.99. The molecule has 0 amide bonds. The third-order valence-corrected chi connectivity index (χ3v) is 3.01. The van der Waals surface area contributed by atoms with Crippen LogP contribution < -0.4 is 4.74 Å². The monoisotopic (exact) mass is 287 g/mol. The molecule has 0 atom stereocenters. The van der Waals surface area contributed by atoms with Gasteiger partial charge in [0.05, 0.1) is 16.7 Å². The van der Waals surface area contributed by atoms with Gasteiger partial charge in [-0.2, -0.15) is 0 Å². The summed E-state index contributed by atoms with van der Waals surface area (Å²) in [5.41, 5.74) is 0.952. The molecule has 1 aromatic rings. The van der Waals surface area contributed by atoms with Crippen LogP contribution in [0.4, 0.5) is 0 Å². The van der Waals surface area contributed by atoms with Crippen LogP contribution in [0.15, 0.2) is 16.7 Å². The van der Waals surface area contributed by atoms with E-state index in [0.29, 0.717) is 12.5 Å². The van der Waals surface area contributed by atoms with Crippen molar-refractivity contribution in [2.24, 2.45) is 0 Å². The van der Waals surface area contributed by atoms with E-state index in [1.54, 1.807) is 13.3 Å². The van der Waals surface area contributed by atoms with E-state index in [0.717, 1.165) is 16.5 Å². The molecule has 0 aliphatic carbocycles. The molecule has 0 radical (unpaired) electrons. The van der Waals surface area contributed by atoms with E-state index < -0.39 is 0 Å². The molecule has 0 saturated heterocycles. The van der Waals surface area contributed by atoms with Crippen molar-refractivity contribution in [3.63, 3.8) is 0 Å². The first-order valence-corrected chi connectivity index (χ1v) is 6.04. The van der Waals surface area contributed by atoms with E-state index in [1.807, 2.05) is 26.8 Å². The number of hydrogen-bond donors (Lipinski definition) is 0. The molecule has 0 N–H and O–H groups in total. The Morgan fingerprint density at radius 3 is 2.69 bits per heavy atom. The van der Waals surface area contributed by atoms with Crippen LogP contribution >= 0.6 is 15.9 Å². The van der Waals surface area contributed by atoms with Crippen molar-refractivity contribution in [1.29, 1.82) is 0 Å². The first-order valence-electron chi connectivity index (χ1n) is 5.25. The molecule has 1 rings (SSSR count). The molecule has 1 heterocycles. The Labute approximate surface area is 105 Å². The lowest BCUT2D eigenvalue weighted by Gasteiger charge is -2.22. The first kappa shape index (κ1) is 13.5. The zero-order valence-electron chi connectivity index (χ0n) is 10.2. The van der Waals surface area contributed by atoms with Gasteiger partial charge in [0.2, 0.25) is 5.88 Å². The number of ether oxygens (including phenoxy) is 2. The van der Waals surface area contributed by atoms with Crippen LogP contribution in [0.25, 0.3) is 0 Å². The van der Waals surface area contributed by atoms with Crippen molar-refractivity contribution in [2.45, 2.75) is 32.8 Å². The van der Waals surface area contributed by atoms with Crippen molar-refractivity contribution in [1.82, 2.24) is 4.98 Å². The Kier molecular flexibility index (Phi) is 4.74. The van der Waals surface area contributed by atoms with Crippen LogP contribution in [0, 0.1) is 6.92 Å². The first-order chi connectivity index (χ1) is 7.44. The highest BCUT2D eigenvalue weighted by atomic mass is 79.9. The zero-order chi connectivity index (χ0) is 12.2. The second-order valence-corrected chi connectivity index (χ2v) is 5.22. The molecule has 90 valence electrons. The number of rotatable bonds is 5. The number of aromatic nitrogens is 1. The molecule has 0 unspecified atom stereocenters. The van der Waals surface area contributed by atoms with Gasteiger partial charge in [-0.15, -0.1) is 0 Å². The maximum absolute atomic E-state index is 5.59. The molecule has 0 spiro atoms. The fourth-order valence-electron chi connectivity index (χ4n) is 1.12. The summed E-state index contributed by atoms with van der Waals surface area (Å²) >= 11 is 3.43. The van der Waals surface area contributed by atoms with Gasteiger partial charge >= 0.3 is 0 Å². The molecule has 4 heteroatoms. The van der Waals surface area contributed by atoms with Crippen molar-refractivity contribution in [3.05, 3.63) is 22.3 Å². The smallest absolute Gasteiger partial charge is 0.227 e. The molecule has 1 aromatic heterocycles. The highest BCUT2D eigenvalue weighted by Gasteiger charge is 2.16. The van der Waals surface area contributed by atoms with Gasteiger partial charge < -0.3 is 9.47 Å². The molecule has 3 nitrogen and oxygen atoms in total. The lowest BCUT2D eigenvalue weighted by molar-refractivity contribution is 0.00501. The minimum absolute atomic E-state index is 0.156. The summed E-state index contributed by atoms with van der Waals surface area (Å²) in [6.07, 6.45) is 2.62. The predicted octanol–water partition coefficient (Wildman–Crippen LogP) is 3.35. The van der Waals surface area contributed by atoms with E-state index >= 15 is 0 Å². The Balaban J connectivity index is 2.49. The zero-order valence-corrected chi connectivity index (χ0v) is 11.8. The highest BCUT2D eigenvalue weighted by molar-refractivity contribution is 9.10. The van der Waals surface area contributed by atoms with Crippen molar-refractivity contribution in [3.8, 4) is 5.88 Å². The van der Waals surface area contributed by atoms with Crippen LogP contribution in [-0.4, -0.2) is 24.3 Å². The molecule has 0 aromatic carbocycles. The maximum atomic E-state index is 5.59. The van der Waals surface area contributed by atoms with Crippen molar-refractivity contribution >= 4 is 15.9 Å². The van der Waals surface area contributed by atoms with Gasteiger partial charge in [0.15, 0.2) is 0 Å². The SMILES string of the molecule is COC(C)(C)CCOc1ncc(C)cc1Br. The fourth-order valence-corrected chi connectivity index (χ4v) is 1.70. The fraction of sp³-hybridized carbons (Fsp3) is 0.583. The van der Waals surface area contributed by atoms with E-state index in [1.165, 1.54) is 0 Å². The summed E-state index contributed by atoms with van der Waals surface area (Å²) in [5.74, 6) is 0.637. The van der Waals surface area contributed by atoms with E-state index in [4.69, 9.17) is 9.47 Å². The number of aryl methyl sites for hydroxylation is 1. The predicted molar refractivity (Wildman–Crippen MR) is 67.9 cm³/mol. The largest absolute Gasteiger partial charge is 0.477 e. The quantitative estimate of drug-likeness (QED) is 0.832. The third kappa shape index (κ3) is 4.10. The van der Waals surface area contributed by atoms with Crippen LogP contribution in [-0.2, 0) is 4.74 Å². The molecule has 0 saturated carbocycles. The van der Waals surface area contributed by atoms with E-state index in [-0.39, 0.29) is 5.60 Å². The minimum atomic E-state index is -0.156. The third-order valence-electron chi connectivity index (χ3n) is 2.44. The normalized spacial score (nSPS) is 11.6. The van der Waals surface area contributed by atoms with Gasteiger partial charge in [-0.3, -0.25) is 0 Å². The van der Waals surface area contributed by atoms with Crippen LogP contribution in [0.2, 0.25) is 0 Å². The molecular weight excluding hydrogens is 270 g/mol. The van der Waals surface area contributed by atoms with Gasteiger partial charge in [0, 0.05) is 19.7 Å². The second-order valence-electron chi connectivity index (χ2n) is 4.36. The summed E-state index contributed by atoms with van der Waals surface area (Å²) in [7, 11) is 1.71. The summed E-state index contributed by atoms with van der Waals surface area (Å²) in [4.78, 5) is 4.21. The second kappa shape index (κ2) is 5.64. The molecule has 0 bridgehead atoms. The van der Waals surface area contributed by atoms with Crippen LogP contribution in [0.1, 0.15) is 25.8 Å². The molecular formula is C12H18BrNO2. The van der Waals surface area contributed by atoms with Crippen molar-refractivity contribution < 1.29 is 9.47 Å². The molecule has 0 fully saturated rings. The van der Waals surface area contributed by atoms with Gasteiger partial charge in [0.1, 0.15) is 0 Å². The Morgan fingerprint density at radius 2 is 2.12 bits per heavy atom. The van der Waals surface area contributed by atoms with Gasteiger partial charge in [-0.25, -0.2) is 4.98 Å². The number of hydrogen-bond acceptors (Lipinski definition) is 3. The average Bonchev–Trinajstić information content (AvgIpc) is 2.21. The topological polar surface area (TPSA) is 31.4 Å². The Bertz CT molecular complexity index is 353. The number of methoxy groups -OCH3 is 1. The lowest BCUT2D eigenvalue weighted by Crippen LogP contribution is -2.25. The highest BCUT2D eigenvalue weighted by Crippen LogP contribution is 2.23. The van der Waals surface area contributed by atoms with E-state index in [9.17, 15) is 0 Å². The lowest BCUT2D eigenvalue weighted by atomic mass is 10.1. The average molecular weight is 288 g/mol. The molecule has 0 aliphatic rings. The number of nitrogens with zero attached hydrogens (tertiary/aromatic N) is 1. The maximum Gasteiger partial charge on any atom is 0.227 e. The number of halogens is 1. The van der Waals surface area contributed by atoms with Gasteiger partial charge in [-0.05, 0) is 48.3 Å². The molecule has 16 heavy (non-hydrogen) atoms. The summed E-state index contributed by atoms with van der Waals surface area (Å²) < 4.78 is 11.8. The van der Waals surface area contributed by atoms with Crippen molar-refractivity contribution in [2.75, 3.05) is 13.7 Å². The Morgan fingerprint density at radius 1 is 1.44 bits per heavy atom. The van der Waals surface area contributed by atoms with Gasteiger partial charge in [0.25, 0.3) is 0 Å². The van der Waals surface area contributed by atoms with E-state index in [2.05, 4.69) is 20.9 Å². The summed E-state index contributed by atoms with van der Waals surface area (Å²) in [5, 5.41) is 0. The van der Waals surface area contributed by atoms with Crippen LogP contribution in [0.5, 0.6) is 5.88 Å². The standard InChI is InChI=1S/C12H18BrNO2/c1-9-7-10(13)11(14-8-9)16-6-5-12(2,3)15-4/h7-8H,5-6H2,1-4H3. The van der Waals surface area contributed by atoms with Gasteiger partial charge in [-0.1, -0.05) is 0 Å².